The molecule has 8 heteroatoms. The molecule has 7 nitrogen and oxygen atoms in total. The Kier molecular flexibility index (Phi) is 4.00. The average molecular weight is 268 g/mol. The van der Waals surface area contributed by atoms with E-state index < -0.39 is 12.1 Å². The second kappa shape index (κ2) is 5.69. The van der Waals surface area contributed by atoms with Crippen molar-refractivity contribution in [3.05, 3.63) is 17.9 Å². The van der Waals surface area contributed by atoms with Crippen LogP contribution in [0.4, 0.5) is 0 Å². The van der Waals surface area contributed by atoms with E-state index in [-0.39, 0.29) is 13.2 Å². The molecule has 0 amide bonds. The van der Waals surface area contributed by atoms with Gasteiger partial charge in [-0.25, -0.2) is 9.48 Å². The van der Waals surface area contributed by atoms with Gasteiger partial charge in [0.1, 0.15) is 5.69 Å². The lowest BCUT2D eigenvalue weighted by Gasteiger charge is -2.08. The molecule has 0 saturated carbocycles. The number of carbonyl (C=O) groups excluding carboxylic acids is 1. The fourth-order valence-corrected chi connectivity index (χ4v) is 1.90. The van der Waals surface area contributed by atoms with Gasteiger partial charge in [0.25, 0.3) is 0 Å². The van der Waals surface area contributed by atoms with Crippen LogP contribution in [-0.4, -0.2) is 43.8 Å². The molecule has 1 N–H and O–H groups in total. The number of rotatable bonds is 5. The highest BCUT2D eigenvalue weighted by Crippen LogP contribution is 2.19. The molecule has 0 aliphatic rings. The SMILES string of the molecule is CCOC(=O)C(O)Cn1cc(-c2cncs2)nn1. The molecule has 0 aliphatic heterocycles. The standard InChI is InChI=1S/C10H12N4O3S/c1-2-17-10(16)8(15)5-14-4-7(12-13-14)9-3-11-6-18-9/h3-4,6,8,15H,2,5H2,1H3. The van der Waals surface area contributed by atoms with Gasteiger partial charge in [0, 0.05) is 6.20 Å². The van der Waals surface area contributed by atoms with Gasteiger partial charge >= 0.3 is 5.97 Å². The van der Waals surface area contributed by atoms with Crippen LogP contribution in [0, 0.1) is 0 Å². The van der Waals surface area contributed by atoms with Crippen LogP contribution in [0.25, 0.3) is 10.6 Å². The van der Waals surface area contributed by atoms with Crippen molar-refractivity contribution in [2.75, 3.05) is 6.61 Å². The van der Waals surface area contributed by atoms with E-state index in [1.54, 1.807) is 24.8 Å². The molecule has 0 saturated heterocycles. The molecule has 1 atom stereocenters. The second-order valence-corrected chi connectivity index (χ2v) is 4.35. The largest absolute Gasteiger partial charge is 0.464 e. The quantitative estimate of drug-likeness (QED) is 0.786. The number of carbonyl (C=O) groups is 1. The first-order chi connectivity index (χ1) is 8.70. The number of esters is 1. The van der Waals surface area contributed by atoms with E-state index in [0.717, 1.165) is 4.88 Å². The van der Waals surface area contributed by atoms with E-state index in [4.69, 9.17) is 4.74 Å². The zero-order valence-corrected chi connectivity index (χ0v) is 10.5. The molecule has 0 spiro atoms. The highest BCUT2D eigenvalue weighted by Gasteiger charge is 2.17. The zero-order valence-electron chi connectivity index (χ0n) is 9.68. The Bertz CT molecular complexity index is 511. The van der Waals surface area contributed by atoms with Crippen molar-refractivity contribution < 1.29 is 14.6 Å². The van der Waals surface area contributed by atoms with E-state index >= 15 is 0 Å². The van der Waals surface area contributed by atoms with Crippen molar-refractivity contribution >= 4 is 17.3 Å². The zero-order chi connectivity index (χ0) is 13.0. The van der Waals surface area contributed by atoms with Crippen molar-refractivity contribution in [2.45, 2.75) is 19.6 Å². The van der Waals surface area contributed by atoms with E-state index in [9.17, 15) is 9.90 Å². The van der Waals surface area contributed by atoms with Crippen molar-refractivity contribution in [3.63, 3.8) is 0 Å². The smallest absolute Gasteiger partial charge is 0.336 e. The van der Waals surface area contributed by atoms with Crippen LogP contribution in [0.15, 0.2) is 17.9 Å². The first kappa shape index (κ1) is 12.7. The van der Waals surface area contributed by atoms with Gasteiger partial charge in [0.15, 0.2) is 6.10 Å². The lowest BCUT2D eigenvalue weighted by molar-refractivity contribution is -0.153. The minimum Gasteiger partial charge on any atom is -0.464 e. The maximum Gasteiger partial charge on any atom is 0.336 e. The fraction of sp³-hybridized carbons (Fsp3) is 0.400. The van der Waals surface area contributed by atoms with Gasteiger partial charge in [-0.2, -0.15) is 0 Å². The first-order valence-corrected chi connectivity index (χ1v) is 6.22. The minimum absolute atomic E-state index is 0.0185. The van der Waals surface area contributed by atoms with Gasteiger partial charge in [-0.05, 0) is 6.92 Å². The minimum atomic E-state index is -1.24. The molecule has 2 aromatic rings. The van der Waals surface area contributed by atoms with Crippen LogP contribution in [0.1, 0.15) is 6.92 Å². The number of hydrogen-bond donors (Lipinski definition) is 1. The van der Waals surface area contributed by atoms with Gasteiger partial charge < -0.3 is 9.84 Å². The Morgan fingerprint density at radius 3 is 3.17 bits per heavy atom. The Labute approximate surface area is 107 Å². The number of nitrogens with zero attached hydrogens (tertiary/aromatic N) is 4. The molecule has 96 valence electrons. The lowest BCUT2D eigenvalue weighted by atomic mass is 10.3. The summed E-state index contributed by atoms with van der Waals surface area (Å²) in [5.41, 5.74) is 2.36. The van der Waals surface area contributed by atoms with Gasteiger partial charge in [-0.1, -0.05) is 5.21 Å². The normalized spacial score (nSPS) is 12.3. The van der Waals surface area contributed by atoms with Crippen molar-refractivity contribution in [2.24, 2.45) is 0 Å². The summed E-state index contributed by atoms with van der Waals surface area (Å²) >= 11 is 1.44. The molecule has 0 fully saturated rings. The lowest BCUT2D eigenvalue weighted by Crippen LogP contribution is -2.28. The van der Waals surface area contributed by atoms with Crippen LogP contribution in [0.3, 0.4) is 0 Å². The third kappa shape index (κ3) is 2.90. The summed E-state index contributed by atoms with van der Waals surface area (Å²) in [4.78, 5) is 16.1. The summed E-state index contributed by atoms with van der Waals surface area (Å²) in [5, 5.41) is 17.3. The molecule has 0 aromatic carbocycles. The number of ether oxygens (including phenoxy) is 1. The molecule has 0 aliphatic carbocycles. The molecular weight excluding hydrogens is 256 g/mol. The van der Waals surface area contributed by atoms with Crippen molar-refractivity contribution in [1.82, 2.24) is 20.0 Å². The van der Waals surface area contributed by atoms with Crippen LogP contribution in [-0.2, 0) is 16.1 Å². The highest BCUT2D eigenvalue weighted by molar-refractivity contribution is 7.13. The molecule has 0 radical (unpaired) electrons. The Morgan fingerprint density at radius 2 is 2.50 bits per heavy atom. The fourth-order valence-electron chi connectivity index (χ4n) is 1.33. The van der Waals surface area contributed by atoms with Gasteiger partial charge in [-0.3, -0.25) is 4.98 Å². The molecule has 1 unspecified atom stereocenters. The van der Waals surface area contributed by atoms with E-state index in [1.165, 1.54) is 16.0 Å². The number of thiazole rings is 1. The van der Waals surface area contributed by atoms with E-state index in [1.807, 2.05) is 0 Å². The average Bonchev–Trinajstić information content (AvgIpc) is 2.98. The van der Waals surface area contributed by atoms with Gasteiger partial charge in [0.05, 0.1) is 29.7 Å². The van der Waals surface area contributed by atoms with E-state index in [0.29, 0.717) is 5.69 Å². The number of aliphatic hydroxyl groups is 1. The molecule has 2 aromatic heterocycles. The maximum atomic E-state index is 11.2. The number of aromatic nitrogens is 4. The molecule has 0 bridgehead atoms. The molecule has 18 heavy (non-hydrogen) atoms. The van der Waals surface area contributed by atoms with Crippen LogP contribution >= 0.6 is 11.3 Å². The topological polar surface area (TPSA) is 90.1 Å². The maximum absolute atomic E-state index is 11.2. The number of aliphatic hydroxyl groups excluding tert-OH is 1. The Morgan fingerprint density at radius 1 is 1.67 bits per heavy atom. The highest BCUT2D eigenvalue weighted by atomic mass is 32.1. The summed E-state index contributed by atoms with van der Waals surface area (Å²) in [7, 11) is 0. The predicted molar refractivity (Wildman–Crippen MR) is 63.8 cm³/mol. The van der Waals surface area contributed by atoms with Gasteiger partial charge in [-0.15, -0.1) is 16.4 Å². The molecule has 2 heterocycles. The van der Waals surface area contributed by atoms with Crippen molar-refractivity contribution in [1.29, 1.82) is 0 Å². The third-order valence-corrected chi connectivity index (χ3v) is 2.94. The van der Waals surface area contributed by atoms with Crippen LogP contribution in [0.5, 0.6) is 0 Å². The summed E-state index contributed by atoms with van der Waals surface area (Å²) in [6.45, 7) is 1.94. The molecular formula is C10H12N4O3S. The Hall–Kier alpha value is -1.80. The summed E-state index contributed by atoms with van der Waals surface area (Å²) in [5.74, 6) is -0.660. The third-order valence-electron chi connectivity index (χ3n) is 2.14. The van der Waals surface area contributed by atoms with E-state index in [2.05, 4.69) is 15.3 Å². The monoisotopic (exact) mass is 268 g/mol. The summed E-state index contributed by atoms with van der Waals surface area (Å²) in [6, 6.07) is 0. The second-order valence-electron chi connectivity index (χ2n) is 3.46. The summed E-state index contributed by atoms with van der Waals surface area (Å²) in [6.07, 6.45) is 2.09. The molecule has 2 rings (SSSR count). The van der Waals surface area contributed by atoms with Crippen LogP contribution < -0.4 is 0 Å². The first-order valence-electron chi connectivity index (χ1n) is 5.34. The van der Waals surface area contributed by atoms with Crippen LogP contribution in [0.2, 0.25) is 0 Å². The van der Waals surface area contributed by atoms with Gasteiger partial charge in [0.2, 0.25) is 0 Å². The number of hydrogen-bond acceptors (Lipinski definition) is 7. The predicted octanol–water partition coefficient (Wildman–Crippen LogP) is 0.326. The Balaban J connectivity index is 2.01. The summed E-state index contributed by atoms with van der Waals surface area (Å²) < 4.78 is 6.10. The van der Waals surface area contributed by atoms with Crippen molar-refractivity contribution in [3.8, 4) is 10.6 Å².